The summed E-state index contributed by atoms with van der Waals surface area (Å²) in [5, 5.41) is 13.0. The van der Waals surface area contributed by atoms with Crippen molar-refractivity contribution in [3.8, 4) is 0 Å². The van der Waals surface area contributed by atoms with Crippen molar-refractivity contribution < 1.29 is 19.0 Å². The molecular weight excluding hydrogens is 471 g/mol. The number of thioether (sulfide) groups is 1. The Hall–Kier alpha value is -1.74. The Bertz CT molecular complexity index is 974. The highest BCUT2D eigenvalue weighted by atomic mass is 79.9. The zero-order valence-corrected chi connectivity index (χ0v) is 18.7. The van der Waals surface area contributed by atoms with Crippen molar-refractivity contribution in [1.29, 1.82) is 0 Å². The SMILES string of the molecule is C[C@H]1SC(NC(=O)c2ccccc2)=N[C@@]2(c3cc(Br)ccc3F)CO[C@@H](CO)C[C@@H]12. The Kier molecular flexibility index (Phi) is 6.29. The van der Waals surface area contributed by atoms with Crippen LogP contribution in [0.15, 0.2) is 58.0 Å². The molecular formula is C22H22BrFN2O3S. The maximum atomic E-state index is 15.0. The Morgan fingerprint density at radius 3 is 2.87 bits per heavy atom. The van der Waals surface area contributed by atoms with Gasteiger partial charge in [0.2, 0.25) is 0 Å². The van der Waals surface area contributed by atoms with Gasteiger partial charge < -0.3 is 15.2 Å². The van der Waals surface area contributed by atoms with Crippen molar-refractivity contribution >= 4 is 38.8 Å². The first-order valence-corrected chi connectivity index (χ1v) is 11.4. The summed E-state index contributed by atoms with van der Waals surface area (Å²) in [4.78, 5) is 17.6. The number of aliphatic hydroxyl groups is 1. The first-order valence-electron chi connectivity index (χ1n) is 9.74. The Morgan fingerprint density at radius 1 is 1.37 bits per heavy atom. The molecule has 0 spiro atoms. The van der Waals surface area contributed by atoms with Gasteiger partial charge in [-0.1, -0.05) is 52.8 Å². The molecule has 0 radical (unpaired) electrons. The molecule has 1 saturated heterocycles. The molecule has 4 rings (SSSR count). The minimum absolute atomic E-state index is 0.0323. The molecule has 0 aliphatic carbocycles. The third-order valence-electron chi connectivity index (χ3n) is 5.69. The number of fused-ring (bicyclic) bond motifs is 1. The molecule has 0 saturated carbocycles. The fourth-order valence-corrected chi connectivity index (χ4v) is 5.75. The van der Waals surface area contributed by atoms with Crippen molar-refractivity contribution in [2.75, 3.05) is 13.2 Å². The van der Waals surface area contributed by atoms with Crippen LogP contribution in [0.5, 0.6) is 0 Å². The lowest BCUT2D eigenvalue weighted by Crippen LogP contribution is -2.54. The quantitative estimate of drug-likeness (QED) is 0.676. The fraction of sp³-hybridized carbons (Fsp3) is 0.364. The first-order chi connectivity index (χ1) is 14.4. The number of hydrogen-bond donors (Lipinski definition) is 2. The molecule has 0 aromatic heterocycles. The molecule has 2 aromatic rings. The highest BCUT2D eigenvalue weighted by molar-refractivity contribution is 9.10. The van der Waals surface area contributed by atoms with Gasteiger partial charge in [-0.25, -0.2) is 9.38 Å². The largest absolute Gasteiger partial charge is 0.394 e. The first kappa shape index (κ1) is 21.5. The summed E-state index contributed by atoms with van der Waals surface area (Å²) in [6.07, 6.45) is 0.247. The molecule has 2 N–H and O–H groups in total. The van der Waals surface area contributed by atoms with Gasteiger partial charge in [0.15, 0.2) is 5.17 Å². The normalized spacial score (nSPS) is 28.4. The third-order valence-corrected chi connectivity index (χ3v) is 7.30. The number of amidine groups is 1. The number of carbonyl (C=O) groups is 1. The van der Waals surface area contributed by atoms with E-state index in [0.29, 0.717) is 22.7 Å². The number of nitrogens with one attached hydrogen (secondary N) is 1. The molecule has 4 atom stereocenters. The average molecular weight is 493 g/mol. The number of aliphatic imine (C=N–C) groups is 1. The van der Waals surface area contributed by atoms with Crippen molar-refractivity contribution in [3.63, 3.8) is 0 Å². The van der Waals surface area contributed by atoms with E-state index in [9.17, 15) is 14.3 Å². The Morgan fingerprint density at radius 2 is 2.13 bits per heavy atom. The summed E-state index contributed by atoms with van der Waals surface area (Å²) in [7, 11) is 0. The second kappa shape index (κ2) is 8.78. The predicted molar refractivity (Wildman–Crippen MR) is 119 cm³/mol. The second-order valence-corrected chi connectivity index (χ2v) is 9.85. The number of ether oxygens (including phenoxy) is 1. The van der Waals surface area contributed by atoms with Gasteiger partial charge in [0.25, 0.3) is 5.91 Å². The van der Waals surface area contributed by atoms with E-state index in [1.54, 1.807) is 36.4 Å². The van der Waals surface area contributed by atoms with Crippen LogP contribution in [0.25, 0.3) is 0 Å². The van der Waals surface area contributed by atoms with Gasteiger partial charge in [-0.2, -0.15) is 0 Å². The number of halogens is 2. The van der Waals surface area contributed by atoms with Crippen LogP contribution in [0.2, 0.25) is 0 Å². The van der Waals surface area contributed by atoms with Crippen LogP contribution in [0.3, 0.4) is 0 Å². The fourth-order valence-electron chi connectivity index (χ4n) is 4.17. The number of amides is 1. The van der Waals surface area contributed by atoms with Gasteiger partial charge in [-0.15, -0.1) is 0 Å². The lowest BCUT2D eigenvalue weighted by atomic mass is 9.72. The molecule has 8 heteroatoms. The third kappa shape index (κ3) is 4.06. The maximum Gasteiger partial charge on any atom is 0.257 e. The van der Waals surface area contributed by atoms with Crippen molar-refractivity contribution in [2.24, 2.45) is 10.9 Å². The number of hydrogen-bond acceptors (Lipinski definition) is 5. The number of nitrogens with zero attached hydrogens (tertiary/aromatic N) is 1. The summed E-state index contributed by atoms with van der Waals surface area (Å²) in [6, 6.07) is 13.7. The van der Waals surface area contributed by atoms with E-state index in [2.05, 4.69) is 21.2 Å². The van der Waals surface area contributed by atoms with Crippen LogP contribution in [0, 0.1) is 11.7 Å². The predicted octanol–water partition coefficient (Wildman–Crippen LogP) is 4.10. The average Bonchev–Trinajstić information content (AvgIpc) is 2.75. The van der Waals surface area contributed by atoms with E-state index in [0.717, 1.165) is 4.47 Å². The van der Waals surface area contributed by atoms with E-state index in [1.807, 2.05) is 13.0 Å². The van der Waals surface area contributed by atoms with Gasteiger partial charge in [0.1, 0.15) is 11.4 Å². The molecule has 0 bridgehead atoms. The zero-order valence-electron chi connectivity index (χ0n) is 16.3. The van der Waals surface area contributed by atoms with E-state index in [-0.39, 0.29) is 42.2 Å². The lowest BCUT2D eigenvalue weighted by molar-refractivity contribution is -0.0818. The van der Waals surface area contributed by atoms with Crippen LogP contribution in [0.4, 0.5) is 4.39 Å². The number of aliphatic hydroxyl groups excluding tert-OH is 1. The summed E-state index contributed by atoms with van der Waals surface area (Å²) < 4.78 is 21.6. The van der Waals surface area contributed by atoms with Crippen LogP contribution < -0.4 is 5.32 Å². The molecule has 5 nitrogen and oxygen atoms in total. The maximum absolute atomic E-state index is 15.0. The van der Waals surface area contributed by atoms with Gasteiger partial charge in [-0.3, -0.25) is 4.79 Å². The Labute approximate surface area is 187 Å². The van der Waals surface area contributed by atoms with Gasteiger partial charge in [0.05, 0.1) is 19.3 Å². The van der Waals surface area contributed by atoms with E-state index >= 15 is 0 Å². The van der Waals surface area contributed by atoms with Crippen LogP contribution in [-0.4, -0.2) is 40.7 Å². The summed E-state index contributed by atoms with van der Waals surface area (Å²) in [5.74, 6) is -0.692. The van der Waals surface area contributed by atoms with Gasteiger partial charge in [0, 0.05) is 26.8 Å². The lowest BCUT2D eigenvalue weighted by Gasteiger charge is -2.49. The monoisotopic (exact) mass is 492 g/mol. The highest BCUT2D eigenvalue weighted by Crippen LogP contribution is 2.50. The van der Waals surface area contributed by atoms with Gasteiger partial charge in [-0.05, 0) is 36.8 Å². The number of benzene rings is 2. The molecule has 2 heterocycles. The topological polar surface area (TPSA) is 70.9 Å². The van der Waals surface area contributed by atoms with E-state index < -0.39 is 5.54 Å². The smallest absolute Gasteiger partial charge is 0.257 e. The number of carbonyl (C=O) groups excluding carboxylic acids is 1. The number of rotatable bonds is 3. The molecule has 158 valence electrons. The Balaban J connectivity index is 1.76. The van der Waals surface area contributed by atoms with Crippen LogP contribution >= 0.6 is 27.7 Å². The molecule has 2 aliphatic rings. The minimum Gasteiger partial charge on any atom is -0.394 e. The van der Waals surface area contributed by atoms with E-state index in [1.165, 1.54) is 17.8 Å². The molecule has 2 aliphatic heterocycles. The van der Waals surface area contributed by atoms with Crippen molar-refractivity contribution in [2.45, 2.75) is 30.2 Å². The highest BCUT2D eigenvalue weighted by Gasteiger charge is 2.52. The molecule has 0 unspecified atom stereocenters. The van der Waals surface area contributed by atoms with Gasteiger partial charge >= 0.3 is 0 Å². The molecule has 1 fully saturated rings. The summed E-state index contributed by atoms with van der Waals surface area (Å²) >= 11 is 4.89. The van der Waals surface area contributed by atoms with Crippen molar-refractivity contribution in [1.82, 2.24) is 5.32 Å². The summed E-state index contributed by atoms with van der Waals surface area (Å²) in [5.41, 5.74) is -0.0286. The molecule has 30 heavy (non-hydrogen) atoms. The zero-order chi connectivity index (χ0) is 21.3. The molecule has 1 amide bonds. The van der Waals surface area contributed by atoms with Crippen LogP contribution in [0.1, 0.15) is 29.3 Å². The van der Waals surface area contributed by atoms with Crippen LogP contribution in [-0.2, 0) is 10.3 Å². The molecule has 2 aromatic carbocycles. The standard InChI is InChI=1S/C22H22BrFN2O3S/c1-13-17-10-16(11-27)29-12-22(17,18-9-15(23)7-8-19(18)24)26-21(30-13)25-20(28)14-5-3-2-4-6-14/h2-9,13,16-17,27H,10-12H2,1H3,(H,25,26,28)/t13-,16-,17+,22+/m1/s1. The minimum atomic E-state index is -0.983. The second-order valence-electron chi connectivity index (χ2n) is 7.57. The van der Waals surface area contributed by atoms with Crippen molar-refractivity contribution in [3.05, 3.63) is 69.9 Å². The summed E-state index contributed by atoms with van der Waals surface area (Å²) in [6.45, 7) is 2.08. The van der Waals surface area contributed by atoms with E-state index in [4.69, 9.17) is 9.73 Å².